The summed E-state index contributed by atoms with van der Waals surface area (Å²) in [5, 5.41) is 17.9. The summed E-state index contributed by atoms with van der Waals surface area (Å²) in [7, 11) is 0. The van der Waals surface area contributed by atoms with E-state index in [0.29, 0.717) is 38.4 Å². The van der Waals surface area contributed by atoms with Crippen LogP contribution in [0, 0.1) is 5.92 Å². The van der Waals surface area contributed by atoms with Crippen LogP contribution >= 0.6 is 12.4 Å². The molecular formula is C15H28ClN3O3. The van der Waals surface area contributed by atoms with Crippen molar-refractivity contribution in [2.45, 2.75) is 57.1 Å². The number of β-amino-alcohol motifs (C(OH)–C–C–N with tert-alkyl or cyclic N) is 1. The fourth-order valence-electron chi connectivity index (χ4n) is 3.15. The van der Waals surface area contributed by atoms with Crippen molar-refractivity contribution in [1.82, 2.24) is 16.0 Å². The van der Waals surface area contributed by atoms with Gasteiger partial charge in [0.05, 0.1) is 12.1 Å². The lowest BCUT2D eigenvalue weighted by atomic mass is 9.87. The maximum absolute atomic E-state index is 11.8. The van der Waals surface area contributed by atoms with Gasteiger partial charge in [-0.2, -0.15) is 0 Å². The lowest BCUT2D eigenvalue weighted by Gasteiger charge is -2.20. The number of halogens is 1. The van der Waals surface area contributed by atoms with Gasteiger partial charge in [0.25, 0.3) is 0 Å². The van der Waals surface area contributed by atoms with Gasteiger partial charge in [-0.1, -0.05) is 19.3 Å². The zero-order valence-corrected chi connectivity index (χ0v) is 13.8. The number of carbonyl (C=O) groups is 2. The van der Waals surface area contributed by atoms with E-state index >= 15 is 0 Å². The van der Waals surface area contributed by atoms with E-state index in [2.05, 4.69) is 16.0 Å². The van der Waals surface area contributed by atoms with E-state index < -0.39 is 6.10 Å². The number of carbonyl (C=O) groups excluding carboxylic acids is 2. The highest BCUT2D eigenvalue weighted by Crippen LogP contribution is 2.25. The minimum Gasteiger partial charge on any atom is -0.392 e. The maximum Gasteiger partial charge on any atom is 0.237 e. The second-order valence-electron chi connectivity index (χ2n) is 6.20. The van der Waals surface area contributed by atoms with Gasteiger partial charge in [0.15, 0.2) is 0 Å². The Bertz CT molecular complexity index is 362. The molecule has 2 amide bonds. The first-order valence-electron chi connectivity index (χ1n) is 8.11. The third-order valence-corrected chi connectivity index (χ3v) is 4.37. The van der Waals surface area contributed by atoms with Gasteiger partial charge in [0, 0.05) is 26.1 Å². The van der Waals surface area contributed by atoms with Crippen LogP contribution in [0.15, 0.2) is 0 Å². The van der Waals surface area contributed by atoms with Crippen LogP contribution in [-0.4, -0.2) is 48.7 Å². The number of aliphatic hydroxyl groups excluding tert-OH is 1. The van der Waals surface area contributed by atoms with E-state index in [-0.39, 0.29) is 30.3 Å². The molecule has 1 aliphatic carbocycles. The summed E-state index contributed by atoms with van der Waals surface area (Å²) in [4.78, 5) is 23.5. The SMILES string of the molecule is Cl.O=C(CC1CCCCC1)NCCNC(=O)C1CC(O)CN1. The summed E-state index contributed by atoms with van der Waals surface area (Å²) in [5.74, 6) is 0.524. The van der Waals surface area contributed by atoms with Crippen molar-refractivity contribution >= 4 is 24.2 Å². The van der Waals surface area contributed by atoms with Crippen LogP contribution < -0.4 is 16.0 Å². The summed E-state index contributed by atoms with van der Waals surface area (Å²) in [6.45, 7) is 1.37. The number of aliphatic hydroxyl groups is 1. The molecule has 7 heteroatoms. The predicted octanol–water partition coefficient (Wildman–Crippen LogP) is 0.334. The highest BCUT2D eigenvalue weighted by Gasteiger charge is 2.27. The first-order valence-corrected chi connectivity index (χ1v) is 8.11. The Kier molecular flexibility index (Phi) is 8.75. The monoisotopic (exact) mass is 333 g/mol. The summed E-state index contributed by atoms with van der Waals surface area (Å²) in [6.07, 6.45) is 6.76. The van der Waals surface area contributed by atoms with E-state index in [4.69, 9.17) is 0 Å². The average Bonchev–Trinajstić information content (AvgIpc) is 2.91. The average molecular weight is 334 g/mol. The van der Waals surface area contributed by atoms with Crippen LogP contribution in [0.1, 0.15) is 44.9 Å². The molecule has 22 heavy (non-hydrogen) atoms. The number of hydrogen-bond acceptors (Lipinski definition) is 4. The molecule has 1 heterocycles. The van der Waals surface area contributed by atoms with Gasteiger partial charge >= 0.3 is 0 Å². The molecule has 0 aromatic rings. The van der Waals surface area contributed by atoms with Crippen molar-refractivity contribution < 1.29 is 14.7 Å². The Morgan fingerprint density at radius 3 is 2.41 bits per heavy atom. The molecule has 2 fully saturated rings. The summed E-state index contributed by atoms with van der Waals surface area (Å²) in [5.41, 5.74) is 0. The zero-order valence-electron chi connectivity index (χ0n) is 13.0. The molecule has 2 unspecified atom stereocenters. The van der Waals surface area contributed by atoms with Gasteiger partial charge in [0.1, 0.15) is 0 Å². The number of rotatable bonds is 6. The Hall–Kier alpha value is -0.850. The van der Waals surface area contributed by atoms with Crippen LogP contribution in [0.25, 0.3) is 0 Å². The lowest BCUT2D eigenvalue weighted by Crippen LogP contribution is -2.43. The molecule has 128 valence electrons. The summed E-state index contributed by atoms with van der Waals surface area (Å²) in [6, 6.07) is -0.307. The molecule has 0 aromatic heterocycles. The van der Waals surface area contributed by atoms with E-state index in [9.17, 15) is 14.7 Å². The Balaban J connectivity index is 0.00000242. The smallest absolute Gasteiger partial charge is 0.237 e. The van der Waals surface area contributed by atoms with Gasteiger partial charge in [-0.15, -0.1) is 12.4 Å². The molecule has 1 saturated carbocycles. The quantitative estimate of drug-likeness (QED) is 0.527. The van der Waals surface area contributed by atoms with Crippen LogP contribution in [-0.2, 0) is 9.59 Å². The molecule has 0 radical (unpaired) electrons. The van der Waals surface area contributed by atoms with Crippen LogP contribution in [0.4, 0.5) is 0 Å². The minimum absolute atomic E-state index is 0. The molecule has 2 rings (SSSR count). The third-order valence-electron chi connectivity index (χ3n) is 4.37. The van der Waals surface area contributed by atoms with Crippen molar-refractivity contribution in [3.05, 3.63) is 0 Å². The molecule has 2 atom stereocenters. The number of nitrogens with one attached hydrogen (secondary N) is 3. The van der Waals surface area contributed by atoms with Gasteiger partial charge in [-0.05, 0) is 25.2 Å². The predicted molar refractivity (Wildman–Crippen MR) is 86.9 cm³/mol. The molecule has 1 aliphatic heterocycles. The first-order chi connectivity index (χ1) is 10.1. The Morgan fingerprint density at radius 2 is 1.77 bits per heavy atom. The highest BCUT2D eigenvalue weighted by atomic mass is 35.5. The first kappa shape index (κ1) is 19.2. The standard InChI is InChI=1S/C15H27N3O3.ClH/c19-12-9-13(18-10-12)15(21)17-7-6-16-14(20)8-11-4-2-1-3-5-11;/h11-13,18-19H,1-10H2,(H,16,20)(H,17,21);1H. The third kappa shape index (κ3) is 6.50. The second kappa shape index (κ2) is 10.0. The van der Waals surface area contributed by atoms with Gasteiger partial charge in [-0.25, -0.2) is 0 Å². The Labute approximate surface area is 138 Å². The van der Waals surface area contributed by atoms with Crippen molar-refractivity contribution in [3.8, 4) is 0 Å². The molecule has 4 N–H and O–H groups in total. The van der Waals surface area contributed by atoms with Crippen molar-refractivity contribution in [2.24, 2.45) is 5.92 Å². The van der Waals surface area contributed by atoms with Gasteiger partial charge in [-0.3, -0.25) is 9.59 Å². The zero-order chi connectivity index (χ0) is 15.1. The minimum atomic E-state index is -0.434. The van der Waals surface area contributed by atoms with Crippen LogP contribution in [0.3, 0.4) is 0 Å². The van der Waals surface area contributed by atoms with Gasteiger partial charge < -0.3 is 21.1 Å². The number of amides is 2. The lowest BCUT2D eigenvalue weighted by molar-refractivity contribution is -0.124. The van der Waals surface area contributed by atoms with Crippen molar-refractivity contribution in [2.75, 3.05) is 19.6 Å². The fourth-order valence-corrected chi connectivity index (χ4v) is 3.15. The normalized spacial score (nSPS) is 25.3. The molecule has 0 aromatic carbocycles. The largest absolute Gasteiger partial charge is 0.392 e. The van der Waals surface area contributed by atoms with Crippen LogP contribution in [0.2, 0.25) is 0 Å². The summed E-state index contributed by atoms with van der Waals surface area (Å²) < 4.78 is 0. The molecule has 0 spiro atoms. The number of hydrogen-bond donors (Lipinski definition) is 4. The molecule has 0 bridgehead atoms. The van der Waals surface area contributed by atoms with E-state index in [0.717, 1.165) is 0 Å². The topological polar surface area (TPSA) is 90.5 Å². The Morgan fingerprint density at radius 1 is 1.09 bits per heavy atom. The van der Waals surface area contributed by atoms with Crippen LogP contribution in [0.5, 0.6) is 0 Å². The molecule has 1 saturated heterocycles. The second-order valence-corrected chi connectivity index (χ2v) is 6.20. The maximum atomic E-state index is 11.8. The van der Waals surface area contributed by atoms with E-state index in [1.165, 1.54) is 32.1 Å². The van der Waals surface area contributed by atoms with Crippen molar-refractivity contribution in [3.63, 3.8) is 0 Å². The van der Waals surface area contributed by atoms with E-state index in [1.807, 2.05) is 0 Å². The molecule has 2 aliphatic rings. The summed E-state index contributed by atoms with van der Waals surface area (Å²) >= 11 is 0. The molecule has 6 nitrogen and oxygen atoms in total. The van der Waals surface area contributed by atoms with Gasteiger partial charge in [0.2, 0.25) is 11.8 Å². The van der Waals surface area contributed by atoms with Crippen molar-refractivity contribution in [1.29, 1.82) is 0 Å². The molecular weight excluding hydrogens is 306 g/mol. The fraction of sp³-hybridized carbons (Fsp3) is 0.867. The van der Waals surface area contributed by atoms with E-state index in [1.54, 1.807) is 0 Å². The highest BCUT2D eigenvalue weighted by molar-refractivity contribution is 5.85.